The fraction of sp³-hybridized carbons (Fsp3) is 0.900. The van der Waals surface area contributed by atoms with Crippen LogP contribution in [0, 0.1) is 0 Å². The van der Waals surface area contributed by atoms with E-state index < -0.39 is 48.2 Å². The lowest BCUT2D eigenvalue weighted by Gasteiger charge is -2.30. The highest BCUT2D eigenvalue weighted by Crippen LogP contribution is 2.14. The number of aliphatic hydroxyl groups is 7. The number of hydrogen-bond donors (Lipinski definition) is 7. The zero-order valence-corrected chi connectivity index (χ0v) is 11.3. The number of hydrogen-bond acceptors (Lipinski definition) is 9. The molecule has 0 radical (unpaired) electrons. The SMILES string of the molecule is CCOC(=O)C(O)C(O)C(O)C(O)C(O)C(O)C(O)Cl. The van der Waals surface area contributed by atoms with Crippen molar-refractivity contribution in [3.63, 3.8) is 0 Å². The average Bonchev–Trinajstić information content (AvgIpc) is 2.42. The Hall–Kier alpha value is -0.520. The normalized spacial score (nSPS) is 22.2. The molecule has 0 saturated carbocycles. The first-order chi connectivity index (χ1) is 9.14. The maximum absolute atomic E-state index is 11.1. The topological polar surface area (TPSA) is 168 Å². The molecule has 0 aliphatic carbocycles. The van der Waals surface area contributed by atoms with E-state index in [1.807, 2.05) is 0 Å². The summed E-state index contributed by atoms with van der Waals surface area (Å²) in [7, 11) is 0. The van der Waals surface area contributed by atoms with Gasteiger partial charge in [-0.25, -0.2) is 4.79 Å². The maximum Gasteiger partial charge on any atom is 0.337 e. The molecule has 0 aromatic carbocycles. The summed E-state index contributed by atoms with van der Waals surface area (Å²) in [6.45, 7) is 1.37. The van der Waals surface area contributed by atoms with Crippen LogP contribution in [0.25, 0.3) is 0 Å². The van der Waals surface area contributed by atoms with Gasteiger partial charge in [-0.1, -0.05) is 11.6 Å². The molecule has 0 fully saturated rings. The minimum Gasteiger partial charge on any atom is -0.464 e. The third kappa shape index (κ3) is 5.11. The van der Waals surface area contributed by atoms with Gasteiger partial charge in [0, 0.05) is 0 Å². The molecule has 0 saturated heterocycles. The fourth-order valence-corrected chi connectivity index (χ4v) is 1.47. The molecule has 9 nitrogen and oxygen atoms in total. The van der Waals surface area contributed by atoms with E-state index in [0.717, 1.165) is 0 Å². The van der Waals surface area contributed by atoms with Crippen LogP contribution < -0.4 is 0 Å². The molecule has 120 valence electrons. The highest BCUT2D eigenvalue weighted by molar-refractivity contribution is 6.19. The Bertz CT molecular complexity index is 300. The second-order valence-corrected chi connectivity index (χ2v) is 4.47. The standard InChI is InChI=1S/C10H19ClO9/c1-2-20-10(19)8(17)6(15)4(13)3(12)5(14)7(16)9(11)18/h3-9,12-18H,2H2,1H3. The summed E-state index contributed by atoms with van der Waals surface area (Å²) < 4.78 is 4.39. The van der Waals surface area contributed by atoms with Gasteiger partial charge in [-0.15, -0.1) is 0 Å². The molecule has 7 atom stereocenters. The highest BCUT2D eigenvalue weighted by Gasteiger charge is 2.41. The predicted octanol–water partition coefficient (Wildman–Crippen LogP) is -3.73. The van der Waals surface area contributed by atoms with Gasteiger partial charge in [0.1, 0.15) is 30.5 Å². The Morgan fingerprint density at radius 1 is 0.900 bits per heavy atom. The number of aliphatic hydroxyl groups excluding tert-OH is 7. The van der Waals surface area contributed by atoms with Gasteiger partial charge in [0.15, 0.2) is 11.7 Å². The van der Waals surface area contributed by atoms with E-state index in [2.05, 4.69) is 4.74 Å². The van der Waals surface area contributed by atoms with Crippen molar-refractivity contribution in [2.75, 3.05) is 6.61 Å². The largest absolute Gasteiger partial charge is 0.464 e. The van der Waals surface area contributed by atoms with E-state index >= 15 is 0 Å². The molecular weight excluding hydrogens is 300 g/mol. The molecule has 0 bridgehead atoms. The predicted molar refractivity (Wildman–Crippen MR) is 64.5 cm³/mol. The van der Waals surface area contributed by atoms with Gasteiger partial charge in [0.25, 0.3) is 0 Å². The zero-order chi connectivity index (χ0) is 16.0. The van der Waals surface area contributed by atoms with Crippen molar-refractivity contribution in [2.24, 2.45) is 0 Å². The Morgan fingerprint density at radius 2 is 1.30 bits per heavy atom. The van der Waals surface area contributed by atoms with Crippen LogP contribution in [0.2, 0.25) is 0 Å². The van der Waals surface area contributed by atoms with Gasteiger partial charge >= 0.3 is 5.97 Å². The first-order valence-electron chi connectivity index (χ1n) is 5.72. The molecule has 7 unspecified atom stereocenters. The minimum absolute atomic E-state index is 0.0823. The monoisotopic (exact) mass is 318 g/mol. The lowest BCUT2D eigenvalue weighted by atomic mass is 9.96. The minimum atomic E-state index is -2.20. The zero-order valence-electron chi connectivity index (χ0n) is 10.6. The van der Waals surface area contributed by atoms with E-state index in [0.29, 0.717) is 0 Å². The molecule has 0 amide bonds. The fourth-order valence-electron chi connectivity index (χ4n) is 1.32. The van der Waals surface area contributed by atoms with Crippen molar-refractivity contribution in [2.45, 2.75) is 49.1 Å². The number of rotatable bonds is 8. The van der Waals surface area contributed by atoms with E-state index in [-0.39, 0.29) is 6.61 Å². The van der Waals surface area contributed by atoms with E-state index in [1.165, 1.54) is 6.92 Å². The first kappa shape index (κ1) is 19.5. The van der Waals surface area contributed by atoms with Gasteiger partial charge in [0.05, 0.1) is 6.61 Å². The van der Waals surface area contributed by atoms with Gasteiger partial charge < -0.3 is 40.5 Å². The Balaban J connectivity index is 4.71. The Labute approximate surface area is 119 Å². The number of esters is 1. The smallest absolute Gasteiger partial charge is 0.337 e. The number of halogens is 1. The molecule has 0 heterocycles. The van der Waals surface area contributed by atoms with Gasteiger partial charge in [-0.05, 0) is 6.92 Å². The molecule has 0 aliphatic rings. The van der Waals surface area contributed by atoms with E-state index in [1.54, 1.807) is 0 Å². The molecule has 20 heavy (non-hydrogen) atoms. The number of ether oxygens (including phenoxy) is 1. The lowest BCUT2D eigenvalue weighted by Crippen LogP contribution is -2.55. The summed E-state index contributed by atoms with van der Waals surface area (Å²) in [5, 5.41) is 65.2. The van der Waals surface area contributed by atoms with Crippen molar-refractivity contribution >= 4 is 17.6 Å². The summed E-state index contributed by atoms with van der Waals surface area (Å²) >= 11 is 5.07. The highest BCUT2D eigenvalue weighted by atomic mass is 35.5. The van der Waals surface area contributed by atoms with Crippen LogP contribution in [-0.4, -0.2) is 90.5 Å². The van der Waals surface area contributed by atoms with Gasteiger partial charge in [-0.3, -0.25) is 0 Å². The third-order valence-corrected chi connectivity index (χ3v) is 2.79. The van der Waals surface area contributed by atoms with Crippen LogP contribution in [0.3, 0.4) is 0 Å². The molecule has 0 aromatic rings. The third-order valence-electron chi connectivity index (χ3n) is 2.53. The summed E-state index contributed by atoms with van der Waals surface area (Å²) in [6.07, 6.45) is -12.9. The second-order valence-electron chi connectivity index (χ2n) is 4.02. The molecular formula is C10H19ClO9. The van der Waals surface area contributed by atoms with Gasteiger partial charge in [-0.2, -0.15) is 0 Å². The van der Waals surface area contributed by atoms with Crippen LogP contribution >= 0.6 is 11.6 Å². The van der Waals surface area contributed by atoms with Crippen LogP contribution in [0.5, 0.6) is 0 Å². The Kier molecular flexibility index (Phi) is 8.47. The van der Waals surface area contributed by atoms with Crippen molar-refractivity contribution in [1.82, 2.24) is 0 Å². The van der Waals surface area contributed by atoms with Crippen molar-refractivity contribution in [3.8, 4) is 0 Å². The van der Waals surface area contributed by atoms with Crippen molar-refractivity contribution in [3.05, 3.63) is 0 Å². The molecule has 0 aromatic heterocycles. The number of carbonyl (C=O) groups excluding carboxylic acids is 1. The molecule has 0 spiro atoms. The maximum atomic E-state index is 11.1. The number of alkyl halides is 1. The van der Waals surface area contributed by atoms with Crippen LogP contribution in [-0.2, 0) is 9.53 Å². The summed E-state index contributed by atoms with van der Waals surface area (Å²) in [5.74, 6) is -1.24. The van der Waals surface area contributed by atoms with Crippen LogP contribution in [0.15, 0.2) is 0 Å². The Morgan fingerprint density at radius 3 is 1.70 bits per heavy atom. The number of carbonyl (C=O) groups is 1. The average molecular weight is 319 g/mol. The molecule has 10 heteroatoms. The van der Waals surface area contributed by atoms with Crippen LogP contribution in [0.4, 0.5) is 0 Å². The summed E-state index contributed by atoms with van der Waals surface area (Å²) in [6, 6.07) is 0. The summed E-state index contributed by atoms with van der Waals surface area (Å²) in [4.78, 5) is 11.1. The lowest BCUT2D eigenvalue weighted by molar-refractivity contribution is -0.179. The van der Waals surface area contributed by atoms with Crippen molar-refractivity contribution in [1.29, 1.82) is 0 Å². The van der Waals surface area contributed by atoms with Crippen LogP contribution in [0.1, 0.15) is 6.92 Å². The van der Waals surface area contributed by atoms with E-state index in [9.17, 15) is 35.4 Å². The molecule has 7 N–H and O–H groups in total. The summed E-state index contributed by atoms with van der Waals surface area (Å²) in [5.41, 5.74) is -1.93. The molecule has 0 aliphatic heterocycles. The molecule has 0 rings (SSSR count). The van der Waals surface area contributed by atoms with E-state index in [4.69, 9.17) is 16.7 Å². The van der Waals surface area contributed by atoms with Crippen molar-refractivity contribution < 1.29 is 45.3 Å². The first-order valence-corrected chi connectivity index (χ1v) is 6.15. The quantitative estimate of drug-likeness (QED) is 0.176. The van der Waals surface area contributed by atoms with Gasteiger partial charge in [0.2, 0.25) is 0 Å². The second kappa shape index (κ2) is 8.70.